The number of benzene rings is 1. The zero-order valence-electron chi connectivity index (χ0n) is 9.49. The number of carbonyl (C=O) groups is 1. The van der Waals surface area contributed by atoms with Crippen LogP contribution in [0.5, 0.6) is 0 Å². The fraction of sp³-hybridized carbons (Fsp3) is 0.167. The molecule has 19 heavy (non-hydrogen) atoms. The summed E-state index contributed by atoms with van der Waals surface area (Å²) in [6, 6.07) is 5.69. The molecule has 0 aliphatic rings. The Bertz CT molecular complexity index is 587. The van der Waals surface area contributed by atoms with Gasteiger partial charge in [-0.15, -0.1) is 0 Å². The van der Waals surface area contributed by atoms with Gasteiger partial charge in [0, 0.05) is 0 Å². The third kappa shape index (κ3) is 2.98. The smallest absolute Gasteiger partial charge is 0.296 e. The summed E-state index contributed by atoms with van der Waals surface area (Å²) in [6.45, 7) is -0.192. The van der Waals surface area contributed by atoms with Gasteiger partial charge >= 0.3 is 6.18 Å². The third-order valence-electron chi connectivity index (χ3n) is 2.46. The van der Waals surface area contributed by atoms with Crippen molar-refractivity contribution in [1.82, 2.24) is 9.78 Å². The molecule has 0 aliphatic heterocycles. The van der Waals surface area contributed by atoms with Crippen LogP contribution in [0, 0.1) is 5.82 Å². The predicted octanol–water partition coefficient (Wildman–Crippen LogP) is 2.90. The first-order chi connectivity index (χ1) is 8.90. The van der Waals surface area contributed by atoms with E-state index in [-0.39, 0.29) is 18.5 Å². The van der Waals surface area contributed by atoms with E-state index < -0.39 is 17.7 Å². The summed E-state index contributed by atoms with van der Waals surface area (Å²) < 4.78 is 51.6. The van der Waals surface area contributed by atoms with Gasteiger partial charge in [-0.05, 0) is 23.8 Å². The lowest BCUT2D eigenvalue weighted by Crippen LogP contribution is -2.15. The monoisotopic (exact) mass is 272 g/mol. The normalized spacial score (nSPS) is 11.6. The van der Waals surface area contributed by atoms with Gasteiger partial charge in [0.1, 0.15) is 17.2 Å². The molecule has 0 unspecified atom stereocenters. The zero-order valence-corrected chi connectivity index (χ0v) is 9.49. The van der Waals surface area contributed by atoms with Crippen LogP contribution in [-0.2, 0) is 12.7 Å². The Labute approximate surface area is 105 Å². The highest BCUT2D eigenvalue weighted by Gasteiger charge is 2.35. The van der Waals surface area contributed by atoms with E-state index in [0.717, 1.165) is 12.1 Å². The minimum atomic E-state index is -4.60. The molecule has 0 radical (unpaired) electrons. The molecule has 1 aromatic carbocycles. The number of alkyl halides is 3. The molecule has 0 saturated heterocycles. The van der Waals surface area contributed by atoms with Crippen molar-refractivity contribution in [2.45, 2.75) is 12.7 Å². The quantitative estimate of drug-likeness (QED) is 0.636. The van der Waals surface area contributed by atoms with Crippen LogP contribution in [0.4, 0.5) is 17.6 Å². The molecule has 100 valence electrons. The lowest BCUT2D eigenvalue weighted by atomic mass is 10.2. The van der Waals surface area contributed by atoms with E-state index in [0.29, 0.717) is 16.3 Å². The number of halogens is 4. The van der Waals surface area contributed by atoms with Crippen molar-refractivity contribution in [3.05, 3.63) is 53.1 Å². The number of carbonyl (C=O) groups excluding carboxylic acids is 1. The molecule has 3 nitrogen and oxygen atoms in total. The van der Waals surface area contributed by atoms with E-state index in [1.165, 1.54) is 12.1 Å². The first-order valence-corrected chi connectivity index (χ1v) is 5.25. The average Bonchev–Trinajstić information content (AvgIpc) is 2.75. The molecule has 0 atom stereocenters. The Kier molecular flexibility index (Phi) is 3.37. The molecular formula is C12H8F4N2O. The van der Waals surface area contributed by atoms with Gasteiger partial charge < -0.3 is 0 Å². The summed E-state index contributed by atoms with van der Waals surface area (Å²) in [5.41, 5.74) is -0.860. The van der Waals surface area contributed by atoms with Gasteiger partial charge in [-0.3, -0.25) is 9.48 Å². The molecule has 0 fully saturated rings. The molecular weight excluding hydrogens is 264 g/mol. The van der Waals surface area contributed by atoms with Crippen molar-refractivity contribution in [3.8, 4) is 0 Å². The molecule has 0 bridgehead atoms. The van der Waals surface area contributed by atoms with Crippen molar-refractivity contribution in [3.63, 3.8) is 0 Å². The maximum absolute atomic E-state index is 12.7. The van der Waals surface area contributed by atoms with E-state index in [4.69, 9.17) is 0 Å². The van der Waals surface area contributed by atoms with Crippen molar-refractivity contribution < 1.29 is 22.4 Å². The van der Waals surface area contributed by atoms with Gasteiger partial charge in [-0.1, -0.05) is 12.1 Å². The van der Waals surface area contributed by atoms with Gasteiger partial charge in [-0.25, -0.2) is 4.39 Å². The van der Waals surface area contributed by atoms with Crippen LogP contribution in [-0.4, -0.2) is 16.1 Å². The van der Waals surface area contributed by atoms with Gasteiger partial charge in [0.15, 0.2) is 6.29 Å². The van der Waals surface area contributed by atoms with Crippen molar-refractivity contribution >= 4 is 6.29 Å². The summed E-state index contributed by atoms with van der Waals surface area (Å²) in [5, 5.41) is 3.55. The summed E-state index contributed by atoms with van der Waals surface area (Å²) in [7, 11) is 0. The van der Waals surface area contributed by atoms with Gasteiger partial charge in [0.05, 0.1) is 6.54 Å². The Morgan fingerprint density at radius 1 is 1.21 bits per heavy atom. The maximum Gasteiger partial charge on any atom is 0.433 e. The van der Waals surface area contributed by atoms with Crippen LogP contribution < -0.4 is 0 Å². The highest BCUT2D eigenvalue weighted by Crippen LogP contribution is 2.30. The maximum atomic E-state index is 12.7. The second-order valence-electron chi connectivity index (χ2n) is 3.85. The van der Waals surface area contributed by atoms with E-state index in [9.17, 15) is 22.4 Å². The molecule has 1 heterocycles. The van der Waals surface area contributed by atoms with Gasteiger partial charge in [0.25, 0.3) is 0 Å². The van der Waals surface area contributed by atoms with Crippen molar-refractivity contribution in [2.75, 3.05) is 0 Å². The van der Waals surface area contributed by atoms with Gasteiger partial charge in [0.2, 0.25) is 0 Å². The molecule has 2 aromatic rings. The van der Waals surface area contributed by atoms with Gasteiger partial charge in [-0.2, -0.15) is 18.3 Å². The molecule has 0 saturated carbocycles. The summed E-state index contributed by atoms with van der Waals surface area (Å²) in [4.78, 5) is 10.5. The lowest BCUT2D eigenvalue weighted by Gasteiger charge is -2.10. The van der Waals surface area contributed by atoms with E-state index >= 15 is 0 Å². The van der Waals surface area contributed by atoms with Crippen molar-refractivity contribution in [1.29, 1.82) is 0 Å². The average molecular weight is 272 g/mol. The second-order valence-corrected chi connectivity index (χ2v) is 3.85. The van der Waals surface area contributed by atoms with Crippen LogP contribution >= 0.6 is 0 Å². The predicted molar refractivity (Wildman–Crippen MR) is 58.1 cm³/mol. The minimum absolute atomic E-state index is 0.192. The van der Waals surface area contributed by atoms with E-state index in [1.807, 2.05) is 0 Å². The Hall–Kier alpha value is -2.18. The minimum Gasteiger partial charge on any atom is -0.296 e. The number of aldehydes is 1. The SMILES string of the molecule is O=Cc1cc(C(F)(F)F)n(Cc2ccc(F)cc2)n1. The molecule has 1 aromatic heterocycles. The summed E-state index contributed by atoms with van der Waals surface area (Å²) in [6.07, 6.45) is -4.36. The van der Waals surface area contributed by atoms with Crippen molar-refractivity contribution in [2.24, 2.45) is 0 Å². The first kappa shape index (κ1) is 13.3. The fourth-order valence-corrected chi connectivity index (χ4v) is 1.61. The van der Waals surface area contributed by atoms with Crippen LogP contribution in [0.2, 0.25) is 0 Å². The molecule has 0 aliphatic carbocycles. The largest absolute Gasteiger partial charge is 0.433 e. The summed E-state index contributed by atoms with van der Waals surface area (Å²) in [5.74, 6) is -0.478. The Balaban J connectivity index is 2.36. The number of aromatic nitrogens is 2. The molecule has 0 spiro atoms. The molecule has 2 rings (SSSR count). The number of hydrogen-bond acceptors (Lipinski definition) is 2. The van der Waals surface area contributed by atoms with E-state index in [2.05, 4.69) is 5.10 Å². The number of hydrogen-bond donors (Lipinski definition) is 0. The molecule has 7 heteroatoms. The molecule has 0 amide bonds. The van der Waals surface area contributed by atoms with Crippen LogP contribution in [0.25, 0.3) is 0 Å². The second kappa shape index (κ2) is 4.83. The highest BCUT2D eigenvalue weighted by atomic mass is 19.4. The Morgan fingerprint density at radius 3 is 2.37 bits per heavy atom. The standard InChI is InChI=1S/C12H8F4N2O/c13-9-3-1-8(2-4-9)6-18-11(12(14,15)16)5-10(7-19)17-18/h1-5,7H,6H2. The Morgan fingerprint density at radius 2 is 1.84 bits per heavy atom. The fourth-order valence-electron chi connectivity index (χ4n) is 1.61. The van der Waals surface area contributed by atoms with Crippen LogP contribution in [0.1, 0.15) is 21.7 Å². The highest BCUT2D eigenvalue weighted by molar-refractivity contribution is 5.71. The first-order valence-electron chi connectivity index (χ1n) is 5.25. The van der Waals surface area contributed by atoms with E-state index in [1.54, 1.807) is 0 Å². The van der Waals surface area contributed by atoms with Crippen LogP contribution in [0.15, 0.2) is 30.3 Å². The lowest BCUT2D eigenvalue weighted by molar-refractivity contribution is -0.144. The number of nitrogens with zero attached hydrogens (tertiary/aromatic N) is 2. The topological polar surface area (TPSA) is 34.9 Å². The van der Waals surface area contributed by atoms with Crippen LogP contribution in [0.3, 0.4) is 0 Å². The summed E-state index contributed by atoms with van der Waals surface area (Å²) >= 11 is 0. The number of rotatable bonds is 3. The molecule has 0 N–H and O–H groups in total. The third-order valence-corrected chi connectivity index (χ3v) is 2.46. The zero-order chi connectivity index (χ0) is 14.0.